The summed E-state index contributed by atoms with van der Waals surface area (Å²) < 4.78 is 0. The largest absolute Gasteiger partial charge is 0.385 e. The van der Waals surface area contributed by atoms with E-state index in [0.29, 0.717) is 0 Å². The molecular formula is C46H63ClN2O2. The van der Waals surface area contributed by atoms with E-state index in [2.05, 4.69) is 124 Å². The third kappa shape index (κ3) is 11.0. The molecule has 0 saturated carbocycles. The van der Waals surface area contributed by atoms with E-state index in [-0.39, 0.29) is 23.2 Å². The predicted molar refractivity (Wildman–Crippen MR) is 217 cm³/mol. The van der Waals surface area contributed by atoms with Crippen molar-refractivity contribution in [3.8, 4) is 0 Å². The number of piperidine rings is 2. The van der Waals surface area contributed by atoms with Gasteiger partial charge in [0.1, 0.15) is 0 Å². The highest BCUT2D eigenvalue weighted by atomic mass is 35.5. The monoisotopic (exact) mass is 710 g/mol. The minimum Gasteiger partial charge on any atom is -0.385 e. The van der Waals surface area contributed by atoms with Crippen LogP contribution in [0, 0.1) is 13.8 Å². The van der Waals surface area contributed by atoms with Crippen molar-refractivity contribution in [3.05, 3.63) is 143 Å². The normalized spacial score (nSPS) is 17.9. The molecule has 0 atom stereocenters. The molecule has 276 valence electrons. The van der Waals surface area contributed by atoms with Gasteiger partial charge in [0, 0.05) is 26.2 Å². The van der Waals surface area contributed by atoms with Crippen LogP contribution in [0.15, 0.2) is 109 Å². The summed E-state index contributed by atoms with van der Waals surface area (Å²) in [4.78, 5) is 5.01. The Morgan fingerprint density at radius 2 is 0.784 bits per heavy atom. The van der Waals surface area contributed by atoms with Crippen LogP contribution >= 0.6 is 12.4 Å². The smallest absolute Gasteiger partial charge is 0.0920 e. The number of halogens is 1. The number of aryl methyl sites for hydroxylation is 2. The molecule has 0 bridgehead atoms. The lowest BCUT2D eigenvalue weighted by atomic mass is 9.80. The van der Waals surface area contributed by atoms with Gasteiger partial charge in [0.15, 0.2) is 0 Å². The first kappa shape index (κ1) is 40.8. The minimum atomic E-state index is -0.649. The Bertz CT molecular complexity index is 1460. The molecule has 2 aliphatic heterocycles. The van der Waals surface area contributed by atoms with Gasteiger partial charge in [-0.2, -0.15) is 0 Å². The summed E-state index contributed by atoms with van der Waals surface area (Å²) in [6, 6.07) is 38.2. The van der Waals surface area contributed by atoms with Crippen molar-refractivity contribution in [2.45, 2.75) is 102 Å². The maximum Gasteiger partial charge on any atom is 0.0920 e. The van der Waals surface area contributed by atoms with Crippen LogP contribution < -0.4 is 0 Å². The van der Waals surface area contributed by atoms with Gasteiger partial charge in [-0.05, 0) is 98.5 Å². The Morgan fingerprint density at radius 1 is 0.490 bits per heavy atom. The van der Waals surface area contributed by atoms with Gasteiger partial charge in [0.05, 0.1) is 11.2 Å². The van der Waals surface area contributed by atoms with Crippen LogP contribution in [-0.4, -0.2) is 59.3 Å². The number of rotatable bonds is 10. The van der Waals surface area contributed by atoms with Crippen molar-refractivity contribution >= 4 is 12.4 Å². The molecule has 2 saturated heterocycles. The molecule has 4 aromatic carbocycles. The van der Waals surface area contributed by atoms with Crippen molar-refractivity contribution in [2.75, 3.05) is 39.3 Å². The number of aliphatic hydroxyl groups is 2. The molecule has 4 aromatic rings. The van der Waals surface area contributed by atoms with Gasteiger partial charge in [-0.3, -0.25) is 0 Å². The minimum absolute atomic E-state index is 0. The lowest BCUT2D eigenvalue weighted by molar-refractivity contribution is -0.0271. The fraction of sp³-hybridized carbons (Fsp3) is 0.478. The van der Waals surface area contributed by atoms with Crippen LogP contribution in [-0.2, 0) is 22.0 Å². The summed E-state index contributed by atoms with van der Waals surface area (Å²) in [6.45, 7) is 19.7. The fourth-order valence-corrected chi connectivity index (χ4v) is 7.54. The average Bonchev–Trinajstić information content (AvgIpc) is 3.13. The first-order valence-electron chi connectivity index (χ1n) is 18.9. The third-order valence-corrected chi connectivity index (χ3v) is 11.8. The van der Waals surface area contributed by atoms with Crippen LogP contribution in [0.3, 0.4) is 0 Å². The second-order valence-electron chi connectivity index (χ2n) is 16.5. The van der Waals surface area contributed by atoms with Crippen molar-refractivity contribution in [1.82, 2.24) is 9.80 Å². The number of likely N-dealkylation sites (tertiary alicyclic amines) is 2. The van der Waals surface area contributed by atoms with Gasteiger partial charge >= 0.3 is 0 Å². The van der Waals surface area contributed by atoms with Crippen LogP contribution in [0.1, 0.15) is 99.6 Å². The number of hydrogen-bond acceptors (Lipinski definition) is 4. The summed E-state index contributed by atoms with van der Waals surface area (Å²) in [5.41, 5.74) is 6.65. The van der Waals surface area contributed by atoms with E-state index in [1.165, 1.54) is 22.3 Å². The summed E-state index contributed by atoms with van der Waals surface area (Å²) >= 11 is 0. The summed E-state index contributed by atoms with van der Waals surface area (Å²) in [5.74, 6) is 0. The second kappa shape index (κ2) is 17.7. The Morgan fingerprint density at radius 3 is 1.08 bits per heavy atom. The number of nitrogens with zero attached hydrogens (tertiary/aromatic N) is 2. The first-order chi connectivity index (χ1) is 23.8. The van der Waals surface area contributed by atoms with Crippen molar-refractivity contribution in [2.24, 2.45) is 0 Å². The fourth-order valence-electron chi connectivity index (χ4n) is 7.54. The van der Waals surface area contributed by atoms with Gasteiger partial charge in [-0.25, -0.2) is 0 Å². The zero-order chi connectivity index (χ0) is 35.8. The van der Waals surface area contributed by atoms with Gasteiger partial charge < -0.3 is 20.0 Å². The van der Waals surface area contributed by atoms with E-state index in [4.69, 9.17) is 0 Å². The molecule has 0 aliphatic carbocycles. The Kier molecular flexibility index (Phi) is 14.1. The van der Waals surface area contributed by atoms with Crippen LogP contribution in [0.4, 0.5) is 0 Å². The molecule has 2 fully saturated rings. The standard InChI is InChI=1S/2C23H31NO.ClH/c2*1-19-9-11-20(12-10-19)22(2,3)13-16-24-17-14-23(25,15-18-24)21-7-5-4-6-8-21;/h2*4-12,25H,13-18H2,1-3H3;1H. The molecule has 5 heteroatoms. The molecule has 4 nitrogen and oxygen atoms in total. The molecule has 0 radical (unpaired) electrons. The van der Waals surface area contributed by atoms with Crippen molar-refractivity contribution in [3.63, 3.8) is 0 Å². The van der Waals surface area contributed by atoms with E-state index < -0.39 is 11.2 Å². The lowest BCUT2D eigenvalue weighted by Gasteiger charge is -2.39. The molecular weight excluding hydrogens is 648 g/mol. The molecule has 0 amide bonds. The molecule has 51 heavy (non-hydrogen) atoms. The van der Waals surface area contributed by atoms with E-state index in [1.54, 1.807) is 0 Å². The zero-order valence-corrected chi connectivity index (χ0v) is 32.9. The molecule has 2 aliphatic rings. The maximum absolute atomic E-state index is 11.0. The molecule has 2 heterocycles. The van der Waals surface area contributed by atoms with Crippen molar-refractivity contribution < 1.29 is 10.2 Å². The number of benzene rings is 4. The second-order valence-corrected chi connectivity index (χ2v) is 16.5. The van der Waals surface area contributed by atoms with Crippen LogP contribution in [0.5, 0.6) is 0 Å². The summed E-state index contributed by atoms with van der Waals surface area (Å²) in [6.07, 6.45) is 5.56. The van der Waals surface area contributed by atoms with E-state index in [1.807, 2.05) is 36.4 Å². The lowest BCUT2D eigenvalue weighted by Crippen LogP contribution is -2.43. The Labute approximate surface area is 315 Å². The summed E-state index contributed by atoms with van der Waals surface area (Å²) in [7, 11) is 0. The van der Waals surface area contributed by atoms with E-state index >= 15 is 0 Å². The van der Waals surface area contributed by atoms with Crippen LogP contribution in [0.2, 0.25) is 0 Å². The highest BCUT2D eigenvalue weighted by Crippen LogP contribution is 2.35. The SMILES string of the molecule is Cc1ccc(C(C)(C)CCN2CCC(O)(c3ccccc3)CC2)cc1.Cc1ccc(C(C)(C)CCN2CCC(O)(c3ccccc3)CC2)cc1.Cl. The zero-order valence-electron chi connectivity index (χ0n) is 32.1. The van der Waals surface area contributed by atoms with E-state index in [0.717, 1.165) is 88.9 Å². The molecule has 0 aromatic heterocycles. The van der Waals surface area contributed by atoms with Crippen molar-refractivity contribution in [1.29, 1.82) is 0 Å². The molecule has 0 spiro atoms. The highest BCUT2D eigenvalue weighted by Gasteiger charge is 2.35. The average molecular weight is 711 g/mol. The maximum atomic E-state index is 11.0. The Hall–Kier alpha value is -2.99. The van der Waals surface area contributed by atoms with Gasteiger partial charge in [0.25, 0.3) is 0 Å². The molecule has 0 unspecified atom stereocenters. The van der Waals surface area contributed by atoms with Gasteiger partial charge in [-0.15, -0.1) is 12.4 Å². The van der Waals surface area contributed by atoms with Crippen LogP contribution in [0.25, 0.3) is 0 Å². The predicted octanol–water partition coefficient (Wildman–Crippen LogP) is 9.71. The summed E-state index contributed by atoms with van der Waals surface area (Å²) in [5, 5.41) is 21.9. The molecule has 2 N–H and O–H groups in total. The quantitative estimate of drug-likeness (QED) is 0.172. The van der Waals surface area contributed by atoms with Gasteiger partial charge in [0.2, 0.25) is 0 Å². The third-order valence-electron chi connectivity index (χ3n) is 11.8. The highest BCUT2D eigenvalue weighted by molar-refractivity contribution is 5.85. The Balaban J connectivity index is 0.000000224. The topological polar surface area (TPSA) is 46.9 Å². The van der Waals surface area contributed by atoms with Gasteiger partial charge in [-0.1, -0.05) is 148 Å². The first-order valence-corrected chi connectivity index (χ1v) is 18.9. The number of hydrogen-bond donors (Lipinski definition) is 2. The van der Waals surface area contributed by atoms with E-state index in [9.17, 15) is 10.2 Å². The molecule has 6 rings (SSSR count).